The number of amides is 1. The Balaban J connectivity index is 2.12. The van der Waals surface area contributed by atoms with Crippen LogP contribution in [0.3, 0.4) is 0 Å². The van der Waals surface area contributed by atoms with Gasteiger partial charge in [0.2, 0.25) is 5.91 Å². The van der Waals surface area contributed by atoms with Crippen molar-refractivity contribution in [1.82, 2.24) is 15.5 Å². The smallest absolute Gasteiger partial charge is 0.239 e. The van der Waals surface area contributed by atoms with Gasteiger partial charge in [-0.15, -0.1) is 0 Å². The average Bonchev–Trinajstić information content (AvgIpc) is 2.58. The molecule has 0 spiro atoms. The lowest BCUT2D eigenvalue weighted by molar-refractivity contribution is -0.131. The molecular formula is C11H22N4O. The molecule has 0 aromatic heterocycles. The number of hydrogen-bond acceptors (Lipinski definition) is 4. The number of primary amides is 1. The molecule has 1 atom stereocenters. The zero-order valence-corrected chi connectivity index (χ0v) is 9.80. The van der Waals surface area contributed by atoms with Crippen molar-refractivity contribution in [3.05, 3.63) is 0 Å². The molecule has 2 fully saturated rings. The normalized spacial score (nSPS) is 33.2. The van der Waals surface area contributed by atoms with Crippen molar-refractivity contribution < 1.29 is 4.79 Å². The van der Waals surface area contributed by atoms with Crippen LogP contribution in [0.1, 0.15) is 19.3 Å². The van der Waals surface area contributed by atoms with E-state index in [9.17, 15) is 4.79 Å². The summed E-state index contributed by atoms with van der Waals surface area (Å²) in [7, 11) is 0. The van der Waals surface area contributed by atoms with Crippen molar-refractivity contribution in [2.45, 2.75) is 24.8 Å². The van der Waals surface area contributed by atoms with Crippen molar-refractivity contribution >= 4 is 5.91 Å². The van der Waals surface area contributed by atoms with Crippen LogP contribution >= 0.6 is 0 Å². The van der Waals surface area contributed by atoms with Crippen molar-refractivity contribution in [3.63, 3.8) is 0 Å². The summed E-state index contributed by atoms with van der Waals surface area (Å²) in [6.45, 7) is 5.60. The van der Waals surface area contributed by atoms with Crippen LogP contribution in [-0.2, 0) is 4.79 Å². The minimum atomic E-state index is -0.440. The van der Waals surface area contributed by atoms with E-state index >= 15 is 0 Å². The maximum Gasteiger partial charge on any atom is 0.239 e. The van der Waals surface area contributed by atoms with Gasteiger partial charge in [0.15, 0.2) is 0 Å². The fourth-order valence-electron chi connectivity index (χ4n) is 2.80. The Labute approximate surface area is 96.7 Å². The van der Waals surface area contributed by atoms with Gasteiger partial charge in [-0.3, -0.25) is 9.69 Å². The van der Waals surface area contributed by atoms with E-state index in [4.69, 9.17) is 5.73 Å². The molecule has 2 aliphatic heterocycles. The number of rotatable bonds is 2. The van der Waals surface area contributed by atoms with E-state index in [1.807, 2.05) is 0 Å². The molecule has 2 saturated heterocycles. The number of nitrogens with two attached hydrogens (primary N) is 1. The minimum absolute atomic E-state index is 0.165. The Hall–Kier alpha value is -0.650. The van der Waals surface area contributed by atoms with Crippen molar-refractivity contribution in [2.75, 3.05) is 39.3 Å². The fraction of sp³-hybridized carbons (Fsp3) is 0.909. The molecule has 2 rings (SSSR count). The van der Waals surface area contributed by atoms with Gasteiger partial charge in [0, 0.05) is 26.2 Å². The van der Waals surface area contributed by atoms with Crippen molar-refractivity contribution in [3.8, 4) is 0 Å². The zero-order chi connectivity index (χ0) is 11.4. The van der Waals surface area contributed by atoms with Crippen LogP contribution in [-0.4, -0.2) is 55.6 Å². The van der Waals surface area contributed by atoms with Gasteiger partial charge in [-0.25, -0.2) is 0 Å². The summed E-state index contributed by atoms with van der Waals surface area (Å²) in [5.41, 5.74) is 5.20. The van der Waals surface area contributed by atoms with Crippen LogP contribution in [0.15, 0.2) is 0 Å². The van der Waals surface area contributed by atoms with Gasteiger partial charge in [-0.05, 0) is 32.4 Å². The predicted molar refractivity (Wildman–Crippen MR) is 63.1 cm³/mol. The highest BCUT2D eigenvalue weighted by Gasteiger charge is 2.43. The van der Waals surface area contributed by atoms with E-state index in [1.54, 1.807) is 0 Å². The topological polar surface area (TPSA) is 70.4 Å². The molecule has 0 aromatic rings. The molecule has 0 aliphatic carbocycles. The summed E-state index contributed by atoms with van der Waals surface area (Å²) >= 11 is 0. The first-order valence-corrected chi connectivity index (χ1v) is 6.22. The van der Waals surface area contributed by atoms with E-state index in [0.29, 0.717) is 6.54 Å². The monoisotopic (exact) mass is 226 g/mol. The Kier molecular flexibility index (Phi) is 3.78. The predicted octanol–water partition coefficient (Wildman–Crippen LogP) is -1.11. The molecule has 0 radical (unpaired) electrons. The third kappa shape index (κ3) is 2.21. The van der Waals surface area contributed by atoms with Gasteiger partial charge in [-0.1, -0.05) is 0 Å². The molecule has 2 aliphatic rings. The molecule has 5 nitrogen and oxygen atoms in total. The highest BCUT2D eigenvalue weighted by Crippen LogP contribution is 2.24. The Morgan fingerprint density at radius 3 is 2.62 bits per heavy atom. The molecule has 4 N–H and O–H groups in total. The van der Waals surface area contributed by atoms with Gasteiger partial charge < -0.3 is 16.4 Å². The van der Waals surface area contributed by atoms with Crippen LogP contribution in [0.25, 0.3) is 0 Å². The van der Waals surface area contributed by atoms with Crippen LogP contribution in [0.5, 0.6) is 0 Å². The maximum absolute atomic E-state index is 11.8. The van der Waals surface area contributed by atoms with E-state index < -0.39 is 5.54 Å². The lowest BCUT2D eigenvalue weighted by Crippen LogP contribution is -2.65. The summed E-state index contributed by atoms with van der Waals surface area (Å²) in [6, 6.07) is 0. The summed E-state index contributed by atoms with van der Waals surface area (Å²) in [4.78, 5) is 14.1. The number of carbonyl (C=O) groups is 1. The molecule has 1 amide bonds. The maximum atomic E-state index is 11.8. The van der Waals surface area contributed by atoms with Crippen molar-refractivity contribution in [1.29, 1.82) is 0 Å². The summed E-state index contributed by atoms with van der Waals surface area (Å²) in [6.07, 6.45) is 3.03. The quantitative estimate of drug-likeness (QED) is 0.558. The summed E-state index contributed by atoms with van der Waals surface area (Å²) < 4.78 is 0. The second-order valence-electron chi connectivity index (χ2n) is 4.77. The number of hydrogen-bond donors (Lipinski definition) is 3. The molecule has 5 heteroatoms. The van der Waals surface area contributed by atoms with Crippen LogP contribution in [0.2, 0.25) is 0 Å². The van der Waals surface area contributed by atoms with E-state index in [0.717, 1.165) is 52.0 Å². The molecule has 0 saturated carbocycles. The Morgan fingerprint density at radius 2 is 1.94 bits per heavy atom. The number of nitrogens with zero attached hydrogens (tertiary/aromatic N) is 1. The first-order chi connectivity index (χ1) is 7.76. The molecule has 0 aromatic carbocycles. The highest BCUT2D eigenvalue weighted by atomic mass is 16.1. The largest absolute Gasteiger partial charge is 0.368 e. The molecule has 16 heavy (non-hydrogen) atoms. The van der Waals surface area contributed by atoms with E-state index in [2.05, 4.69) is 15.5 Å². The average molecular weight is 226 g/mol. The minimum Gasteiger partial charge on any atom is -0.368 e. The van der Waals surface area contributed by atoms with E-state index in [1.165, 1.54) is 0 Å². The fourth-order valence-corrected chi connectivity index (χ4v) is 2.80. The Bertz CT molecular complexity index is 242. The number of piperidine rings is 1. The summed E-state index contributed by atoms with van der Waals surface area (Å²) in [5, 5.41) is 6.67. The summed E-state index contributed by atoms with van der Waals surface area (Å²) in [5.74, 6) is -0.165. The van der Waals surface area contributed by atoms with Crippen LogP contribution in [0.4, 0.5) is 0 Å². The third-order valence-electron chi connectivity index (χ3n) is 3.77. The van der Waals surface area contributed by atoms with Crippen LogP contribution < -0.4 is 16.4 Å². The number of nitrogens with one attached hydrogen (secondary N) is 2. The van der Waals surface area contributed by atoms with Crippen molar-refractivity contribution in [2.24, 2.45) is 5.73 Å². The lowest BCUT2D eigenvalue weighted by atomic mass is 9.87. The number of carbonyl (C=O) groups excluding carboxylic acids is 1. The van der Waals surface area contributed by atoms with Gasteiger partial charge in [0.1, 0.15) is 5.54 Å². The van der Waals surface area contributed by atoms with E-state index in [-0.39, 0.29) is 5.91 Å². The van der Waals surface area contributed by atoms with Gasteiger partial charge in [0.25, 0.3) is 0 Å². The third-order valence-corrected chi connectivity index (χ3v) is 3.77. The highest BCUT2D eigenvalue weighted by molar-refractivity contribution is 5.85. The first kappa shape index (κ1) is 11.8. The first-order valence-electron chi connectivity index (χ1n) is 6.22. The molecule has 0 bridgehead atoms. The van der Waals surface area contributed by atoms with Crippen LogP contribution in [0, 0.1) is 0 Å². The second-order valence-corrected chi connectivity index (χ2v) is 4.77. The molecule has 2 heterocycles. The zero-order valence-electron chi connectivity index (χ0n) is 9.80. The molecular weight excluding hydrogens is 204 g/mol. The SMILES string of the molecule is NC(=O)C1(N2CCCNCC2)CCCNC1. The van der Waals surface area contributed by atoms with Gasteiger partial charge >= 0.3 is 0 Å². The standard InChI is InChI=1S/C11H22N4O/c12-10(16)11(3-1-4-14-9-11)15-7-2-5-13-6-8-15/h13-14H,1-9H2,(H2,12,16). The second kappa shape index (κ2) is 5.12. The molecule has 1 unspecified atom stereocenters. The lowest BCUT2D eigenvalue weighted by Gasteiger charge is -2.43. The Morgan fingerprint density at radius 1 is 1.12 bits per heavy atom. The van der Waals surface area contributed by atoms with Gasteiger partial charge in [-0.2, -0.15) is 0 Å². The van der Waals surface area contributed by atoms with Gasteiger partial charge in [0.05, 0.1) is 0 Å². The molecule has 92 valence electrons.